The van der Waals surface area contributed by atoms with Gasteiger partial charge in [0.05, 0.1) is 27.9 Å². The Balaban J connectivity index is 1.80. The quantitative estimate of drug-likeness (QED) is 0.564. The Morgan fingerprint density at radius 3 is 2.31 bits per heavy atom. The number of phenols is 1. The maximum Gasteiger partial charge on any atom is 0.315 e. The summed E-state index contributed by atoms with van der Waals surface area (Å²) in [6.45, 7) is 3.76. The smallest absolute Gasteiger partial charge is 0.315 e. The first-order chi connectivity index (χ1) is 17.3. The van der Waals surface area contributed by atoms with E-state index in [1.165, 1.54) is 13.2 Å². The second-order valence-corrected chi connectivity index (χ2v) is 8.89. The minimum absolute atomic E-state index is 0.0205. The number of allylic oxidation sites excluding steroid dienone is 2. The van der Waals surface area contributed by atoms with E-state index in [0.29, 0.717) is 40.5 Å². The average molecular weight is 494 g/mol. The molecule has 3 atom stereocenters. The molecule has 0 radical (unpaired) electrons. The van der Waals surface area contributed by atoms with Crippen molar-refractivity contribution in [3.8, 4) is 23.0 Å². The van der Waals surface area contributed by atoms with Crippen molar-refractivity contribution in [1.82, 2.24) is 0 Å². The third-order valence-electron chi connectivity index (χ3n) is 6.87. The Morgan fingerprint density at radius 1 is 0.972 bits per heavy atom. The van der Waals surface area contributed by atoms with Crippen molar-refractivity contribution in [2.45, 2.75) is 38.5 Å². The number of aliphatic imine (C=N–C) groups is 1. The van der Waals surface area contributed by atoms with Crippen LogP contribution in [0.5, 0.6) is 23.0 Å². The van der Waals surface area contributed by atoms with Gasteiger partial charge >= 0.3 is 5.97 Å². The number of methoxy groups -OCH3 is 3. The lowest BCUT2D eigenvalue weighted by Crippen LogP contribution is -2.38. The van der Waals surface area contributed by atoms with Crippen LogP contribution in [0.3, 0.4) is 0 Å². The molecule has 4 rings (SSSR count). The number of hydrogen-bond acceptors (Lipinski definition) is 8. The molecule has 1 aliphatic heterocycles. The van der Waals surface area contributed by atoms with Gasteiger partial charge in [-0.2, -0.15) is 0 Å². The number of esters is 1. The lowest BCUT2D eigenvalue weighted by Gasteiger charge is -2.36. The highest BCUT2D eigenvalue weighted by Gasteiger charge is 2.45. The van der Waals surface area contributed by atoms with Crippen molar-refractivity contribution in [3.05, 3.63) is 58.8 Å². The standard InChI is InChI=1S/C28H31NO7/c1-6-36-28(32)25-15(2)29-19-11-18(16-8-10-22(33-3)24(13-16)35-5)12-21(31)27(19)26(25)17-7-9-20(30)23(14-17)34-4/h7-10,13-14,18,25-26,30H,6,11-12H2,1-5H3/t18-,25?,26+/m0/s1. The molecule has 0 amide bonds. The summed E-state index contributed by atoms with van der Waals surface area (Å²) in [6, 6.07) is 10.6. The highest BCUT2D eigenvalue weighted by molar-refractivity contribution is 6.09. The molecule has 0 saturated heterocycles. The van der Waals surface area contributed by atoms with Crippen LogP contribution in [0.1, 0.15) is 49.7 Å². The molecule has 36 heavy (non-hydrogen) atoms. The summed E-state index contributed by atoms with van der Waals surface area (Å²) in [4.78, 5) is 31.5. The summed E-state index contributed by atoms with van der Waals surface area (Å²) in [7, 11) is 4.62. The van der Waals surface area contributed by atoms with Crippen LogP contribution >= 0.6 is 0 Å². The van der Waals surface area contributed by atoms with E-state index in [9.17, 15) is 14.7 Å². The predicted molar refractivity (Wildman–Crippen MR) is 134 cm³/mol. The number of carbonyl (C=O) groups is 2. The fraction of sp³-hybridized carbons (Fsp3) is 0.393. The van der Waals surface area contributed by atoms with Gasteiger partial charge in [-0.1, -0.05) is 12.1 Å². The zero-order chi connectivity index (χ0) is 26.0. The van der Waals surface area contributed by atoms with Crippen LogP contribution in [0.4, 0.5) is 0 Å². The second-order valence-electron chi connectivity index (χ2n) is 8.89. The first kappa shape index (κ1) is 25.3. The summed E-state index contributed by atoms with van der Waals surface area (Å²) in [5.41, 5.74) is 3.41. The van der Waals surface area contributed by atoms with E-state index in [2.05, 4.69) is 0 Å². The number of hydrogen-bond donors (Lipinski definition) is 1. The van der Waals surface area contributed by atoms with Gasteiger partial charge in [0, 0.05) is 29.3 Å². The van der Waals surface area contributed by atoms with E-state index in [0.717, 1.165) is 5.56 Å². The van der Waals surface area contributed by atoms with E-state index in [-0.39, 0.29) is 36.2 Å². The predicted octanol–water partition coefficient (Wildman–Crippen LogP) is 4.56. The molecule has 8 heteroatoms. The van der Waals surface area contributed by atoms with E-state index in [1.54, 1.807) is 40.2 Å². The molecule has 1 N–H and O–H groups in total. The summed E-state index contributed by atoms with van der Waals surface area (Å²) in [6.07, 6.45) is 0.805. The number of ether oxygens (including phenoxy) is 4. The van der Waals surface area contributed by atoms with Gasteiger partial charge in [0.15, 0.2) is 28.8 Å². The Bertz CT molecular complexity index is 1250. The van der Waals surface area contributed by atoms with Crippen LogP contribution in [0, 0.1) is 5.92 Å². The monoisotopic (exact) mass is 493 g/mol. The molecule has 0 fully saturated rings. The fourth-order valence-electron chi connectivity index (χ4n) is 5.19. The van der Waals surface area contributed by atoms with Crippen molar-refractivity contribution in [2.75, 3.05) is 27.9 Å². The highest BCUT2D eigenvalue weighted by atomic mass is 16.5. The molecule has 190 valence electrons. The molecule has 8 nitrogen and oxygen atoms in total. The maximum absolute atomic E-state index is 13.7. The van der Waals surface area contributed by atoms with Crippen molar-refractivity contribution in [2.24, 2.45) is 10.9 Å². The normalized spacial score (nSPS) is 21.4. The number of Topliss-reactive ketones (excluding diaryl/α,β-unsaturated/α-hetero) is 1. The van der Waals surface area contributed by atoms with Crippen molar-refractivity contribution in [3.63, 3.8) is 0 Å². The number of carbonyl (C=O) groups excluding carboxylic acids is 2. The molecule has 1 heterocycles. The number of ketones is 1. The Hall–Kier alpha value is -3.81. The molecule has 0 saturated carbocycles. The third kappa shape index (κ3) is 4.55. The summed E-state index contributed by atoms with van der Waals surface area (Å²) >= 11 is 0. The van der Waals surface area contributed by atoms with Crippen LogP contribution in [-0.4, -0.2) is 50.5 Å². The van der Waals surface area contributed by atoms with Gasteiger partial charge in [0.1, 0.15) is 5.92 Å². The SMILES string of the molecule is CCOC(=O)C1C(C)=NC2=C(C(=O)C[C@@H](c3ccc(OC)c(OC)c3)C2)[C@@H]1c1ccc(O)c(OC)c1. The van der Waals surface area contributed by atoms with Crippen LogP contribution in [0.15, 0.2) is 52.7 Å². The van der Waals surface area contributed by atoms with E-state index >= 15 is 0 Å². The van der Waals surface area contributed by atoms with Gasteiger partial charge in [0.2, 0.25) is 0 Å². The third-order valence-corrected chi connectivity index (χ3v) is 6.87. The lowest BCUT2D eigenvalue weighted by atomic mass is 9.69. The summed E-state index contributed by atoms with van der Waals surface area (Å²) < 4.78 is 21.5. The van der Waals surface area contributed by atoms with Crippen LogP contribution < -0.4 is 14.2 Å². The van der Waals surface area contributed by atoms with Crippen LogP contribution in [-0.2, 0) is 14.3 Å². The number of nitrogens with zero attached hydrogens (tertiary/aromatic N) is 1. The Morgan fingerprint density at radius 2 is 1.64 bits per heavy atom. The zero-order valence-corrected chi connectivity index (χ0v) is 21.2. The minimum atomic E-state index is -0.750. The average Bonchev–Trinajstić information content (AvgIpc) is 2.87. The minimum Gasteiger partial charge on any atom is -0.504 e. The molecule has 0 aromatic heterocycles. The topological polar surface area (TPSA) is 104 Å². The van der Waals surface area contributed by atoms with E-state index < -0.39 is 17.8 Å². The molecule has 1 aliphatic carbocycles. The van der Waals surface area contributed by atoms with Crippen molar-refractivity contribution >= 4 is 17.5 Å². The number of phenolic OH excluding ortho intramolecular Hbond substituents is 1. The summed E-state index contributed by atoms with van der Waals surface area (Å²) in [5.74, 6) is -0.478. The highest BCUT2D eigenvalue weighted by Crippen LogP contribution is 2.48. The van der Waals surface area contributed by atoms with Gasteiger partial charge in [0.25, 0.3) is 0 Å². The molecular weight excluding hydrogens is 462 g/mol. The molecule has 2 aromatic rings. The largest absolute Gasteiger partial charge is 0.504 e. The lowest BCUT2D eigenvalue weighted by molar-refractivity contribution is -0.146. The van der Waals surface area contributed by atoms with Gasteiger partial charge in [-0.05, 0) is 61.6 Å². The number of aromatic hydroxyl groups is 1. The zero-order valence-electron chi connectivity index (χ0n) is 21.2. The van der Waals surface area contributed by atoms with Gasteiger partial charge < -0.3 is 24.1 Å². The molecule has 1 unspecified atom stereocenters. The Labute approximate surface area is 210 Å². The second kappa shape index (κ2) is 10.4. The van der Waals surface area contributed by atoms with Crippen molar-refractivity contribution in [1.29, 1.82) is 0 Å². The van der Waals surface area contributed by atoms with Gasteiger partial charge in [-0.15, -0.1) is 0 Å². The van der Waals surface area contributed by atoms with E-state index in [4.69, 9.17) is 23.9 Å². The molecule has 0 spiro atoms. The maximum atomic E-state index is 13.7. The van der Waals surface area contributed by atoms with E-state index in [1.807, 2.05) is 18.2 Å². The fourth-order valence-corrected chi connectivity index (χ4v) is 5.19. The molecule has 2 aliphatic rings. The van der Waals surface area contributed by atoms with Crippen LogP contribution in [0.2, 0.25) is 0 Å². The first-order valence-corrected chi connectivity index (χ1v) is 11.9. The number of rotatable bonds is 7. The summed E-state index contributed by atoms with van der Waals surface area (Å²) in [5, 5.41) is 10.1. The van der Waals surface area contributed by atoms with Gasteiger partial charge in [-0.3, -0.25) is 14.6 Å². The number of benzene rings is 2. The van der Waals surface area contributed by atoms with Crippen LogP contribution in [0.25, 0.3) is 0 Å². The first-order valence-electron chi connectivity index (χ1n) is 11.9. The van der Waals surface area contributed by atoms with Crippen molar-refractivity contribution < 1.29 is 33.6 Å². The Kier molecular flexibility index (Phi) is 7.33. The van der Waals surface area contributed by atoms with Gasteiger partial charge in [-0.25, -0.2) is 0 Å². The molecule has 2 aromatic carbocycles. The molecular formula is C28H31NO7. The molecule has 0 bridgehead atoms.